The maximum atomic E-state index is 13.3. The van der Waals surface area contributed by atoms with Gasteiger partial charge in [-0.3, -0.25) is 9.36 Å². The molecule has 26 heavy (non-hydrogen) atoms. The van der Waals surface area contributed by atoms with Crippen LogP contribution in [0, 0.1) is 6.92 Å². The van der Waals surface area contributed by atoms with Gasteiger partial charge in [0.15, 0.2) is 5.82 Å². The molecule has 0 bridgehead atoms. The molecular formula is C20H23ClN3O2+. The van der Waals surface area contributed by atoms with Crippen LogP contribution in [-0.4, -0.2) is 29.8 Å². The molecule has 0 aliphatic carbocycles. The van der Waals surface area contributed by atoms with E-state index in [-0.39, 0.29) is 11.6 Å². The van der Waals surface area contributed by atoms with Crippen molar-refractivity contribution in [1.82, 2.24) is 9.55 Å². The largest absolute Gasteiger partial charge is 0.379 e. The van der Waals surface area contributed by atoms with Crippen molar-refractivity contribution in [3.63, 3.8) is 0 Å². The highest BCUT2D eigenvalue weighted by atomic mass is 35.5. The van der Waals surface area contributed by atoms with Gasteiger partial charge in [-0.25, -0.2) is 4.98 Å². The van der Waals surface area contributed by atoms with E-state index < -0.39 is 0 Å². The number of aromatic nitrogens is 2. The van der Waals surface area contributed by atoms with Crippen molar-refractivity contribution < 1.29 is 10.1 Å². The number of methoxy groups -OCH3 is 1. The van der Waals surface area contributed by atoms with Crippen LogP contribution in [0.1, 0.15) is 24.4 Å². The molecule has 3 rings (SSSR count). The van der Waals surface area contributed by atoms with Crippen molar-refractivity contribution in [1.29, 1.82) is 0 Å². The van der Waals surface area contributed by atoms with Gasteiger partial charge in [0, 0.05) is 12.1 Å². The monoisotopic (exact) mass is 372 g/mol. The van der Waals surface area contributed by atoms with Crippen LogP contribution in [0.5, 0.6) is 0 Å². The first-order valence-corrected chi connectivity index (χ1v) is 9.01. The number of ether oxygens (including phenoxy) is 1. The van der Waals surface area contributed by atoms with Crippen LogP contribution in [-0.2, 0) is 4.74 Å². The predicted molar refractivity (Wildman–Crippen MR) is 104 cm³/mol. The van der Waals surface area contributed by atoms with Crippen molar-refractivity contribution in [3.8, 4) is 5.69 Å². The molecule has 0 amide bonds. The molecule has 136 valence electrons. The van der Waals surface area contributed by atoms with Crippen LogP contribution in [0.15, 0.2) is 47.3 Å². The van der Waals surface area contributed by atoms with Gasteiger partial charge in [0.1, 0.15) is 6.04 Å². The Bertz CT molecular complexity index is 984. The number of hydrogen-bond donors (Lipinski definition) is 1. The SMILES string of the molecule is COCC[NH2+][C@@H](C)c1nc2ccccc2c(=O)n1-c1ccc(Cl)cc1C. The van der Waals surface area contributed by atoms with E-state index in [0.717, 1.165) is 23.6 Å². The van der Waals surface area contributed by atoms with E-state index in [4.69, 9.17) is 21.3 Å². The van der Waals surface area contributed by atoms with Crippen LogP contribution in [0.25, 0.3) is 16.6 Å². The number of para-hydroxylation sites is 1. The van der Waals surface area contributed by atoms with Crippen molar-refractivity contribution in [3.05, 3.63) is 69.2 Å². The molecule has 0 unspecified atom stereocenters. The lowest BCUT2D eigenvalue weighted by molar-refractivity contribution is -0.695. The zero-order valence-electron chi connectivity index (χ0n) is 15.2. The Morgan fingerprint density at radius 3 is 2.77 bits per heavy atom. The Kier molecular flexibility index (Phi) is 5.71. The summed E-state index contributed by atoms with van der Waals surface area (Å²) >= 11 is 6.10. The highest BCUT2D eigenvalue weighted by Gasteiger charge is 2.20. The summed E-state index contributed by atoms with van der Waals surface area (Å²) in [5.74, 6) is 0.718. The first-order valence-electron chi connectivity index (χ1n) is 8.63. The van der Waals surface area contributed by atoms with Gasteiger partial charge in [-0.05, 0) is 49.7 Å². The molecule has 0 radical (unpaired) electrons. The highest BCUT2D eigenvalue weighted by Crippen LogP contribution is 2.21. The molecule has 0 saturated carbocycles. The molecular weight excluding hydrogens is 350 g/mol. The van der Waals surface area contributed by atoms with Crippen molar-refractivity contribution in [2.24, 2.45) is 0 Å². The zero-order valence-corrected chi connectivity index (χ0v) is 16.0. The van der Waals surface area contributed by atoms with Crippen LogP contribution < -0.4 is 10.9 Å². The Morgan fingerprint density at radius 2 is 2.04 bits per heavy atom. The van der Waals surface area contributed by atoms with E-state index in [1.165, 1.54) is 0 Å². The molecule has 5 nitrogen and oxygen atoms in total. The van der Waals surface area contributed by atoms with Gasteiger partial charge in [0.2, 0.25) is 0 Å². The Morgan fingerprint density at radius 1 is 1.27 bits per heavy atom. The fraction of sp³-hybridized carbons (Fsp3) is 0.300. The molecule has 0 spiro atoms. The number of fused-ring (bicyclic) bond motifs is 1. The van der Waals surface area contributed by atoms with Gasteiger partial charge in [-0.15, -0.1) is 0 Å². The minimum Gasteiger partial charge on any atom is -0.379 e. The van der Waals surface area contributed by atoms with Gasteiger partial charge in [0.05, 0.1) is 29.7 Å². The van der Waals surface area contributed by atoms with Crippen LogP contribution >= 0.6 is 11.6 Å². The van der Waals surface area contributed by atoms with E-state index >= 15 is 0 Å². The number of quaternary nitrogens is 1. The smallest absolute Gasteiger partial charge is 0.266 e. The molecule has 2 aromatic carbocycles. The van der Waals surface area contributed by atoms with Gasteiger partial charge < -0.3 is 10.1 Å². The lowest BCUT2D eigenvalue weighted by Crippen LogP contribution is -2.86. The minimum atomic E-state index is -0.0667. The summed E-state index contributed by atoms with van der Waals surface area (Å²) in [6.45, 7) is 5.43. The summed E-state index contributed by atoms with van der Waals surface area (Å²) in [6.07, 6.45) is 0. The first kappa shape index (κ1) is 18.6. The van der Waals surface area contributed by atoms with Gasteiger partial charge in [0.25, 0.3) is 5.56 Å². The quantitative estimate of drug-likeness (QED) is 0.676. The fourth-order valence-electron chi connectivity index (χ4n) is 3.10. The number of nitrogens with zero attached hydrogens (tertiary/aromatic N) is 2. The number of halogens is 1. The molecule has 3 aromatic rings. The van der Waals surface area contributed by atoms with E-state index in [2.05, 4.69) is 5.32 Å². The molecule has 0 fully saturated rings. The molecule has 0 saturated heterocycles. The molecule has 1 heterocycles. The van der Waals surface area contributed by atoms with E-state index in [9.17, 15) is 4.79 Å². The zero-order chi connectivity index (χ0) is 18.7. The van der Waals surface area contributed by atoms with Gasteiger partial charge in [-0.2, -0.15) is 0 Å². The third-order valence-electron chi connectivity index (χ3n) is 4.45. The first-order chi connectivity index (χ1) is 12.5. The summed E-state index contributed by atoms with van der Waals surface area (Å²) in [6, 6.07) is 13.0. The number of hydrogen-bond acceptors (Lipinski definition) is 3. The Labute approximate surface area is 157 Å². The molecule has 6 heteroatoms. The number of benzene rings is 2. The Balaban J connectivity index is 2.22. The van der Waals surface area contributed by atoms with E-state index in [1.54, 1.807) is 17.7 Å². The molecule has 1 aromatic heterocycles. The Hall–Kier alpha value is -2.21. The predicted octanol–water partition coefficient (Wildman–Crippen LogP) is 2.62. The van der Waals surface area contributed by atoms with Crippen LogP contribution in [0.4, 0.5) is 0 Å². The van der Waals surface area contributed by atoms with E-state index in [1.807, 2.05) is 50.2 Å². The fourth-order valence-corrected chi connectivity index (χ4v) is 3.33. The maximum Gasteiger partial charge on any atom is 0.266 e. The number of aryl methyl sites for hydroxylation is 1. The summed E-state index contributed by atoms with van der Waals surface area (Å²) in [4.78, 5) is 18.1. The summed E-state index contributed by atoms with van der Waals surface area (Å²) in [5, 5.41) is 3.38. The van der Waals surface area contributed by atoms with Crippen LogP contribution in [0.2, 0.25) is 5.02 Å². The maximum absolute atomic E-state index is 13.3. The second-order valence-corrected chi connectivity index (χ2v) is 6.80. The second-order valence-electron chi connectivity index (χ2n) is 6.36. The van der Waals surface area contributed by atoms with Crippen molar-refractivity contribution in [2.45, 2.75) is 19.9 Å². The van der Waals surface area contributed by atoms with Crippen molar-refractivity contribution >= 4 is 22.5 Å². The lowest BCUT2D eigenvalue weighted by atomic mass is 10.1. The second kappa shape index (κ2) is 7.99. The molecule has 0 aliphatic rings. The minimum absolute atomic E-state index is 0.00228. The topological polar surface area (TPSA) is 60.7 Å². The highest BCUT2D eigenvalue weighted by molar-refractivity contribution is 6.30. The average molecular weight is 373 g/mol. The average Bonchev–Trinajstić information content (AvgIpc) is 2.62. The molecule has 2 N–H and O–H groups in total. The third-order valence-corrected chi connectivity index (χ3v) is 4.69. The molecule has 1 atom stereocenters. The van der Waals surface area contributed by atoms with Gasteiger partial charge >= 0.3 is 0 Å². The standard InChI is InChI=1S/C20H22ClN3O2/c1-13-12-15(21)8-9-18(13)24-19(14(2)22-10-11-26-3)23-17-7-5-4-6-16(17)20(24)25/h4-9,12,14,22H,10-11H2,1-3H3/p+1/t14-/m0/s1. The number of rotatable bonds is 6. The van der Waals surface area contributed by atoms with Crippen molar-refractivity contribution in [2.75, 3.05) is 20.3 Å². The van der Waals surface area contributed by atoms with Gasteiger partial charge in [-0.1, -0.05) is 23.7 Å². The summed E-state index contributed by atoms with van der Waals surface area (Å²) in [7, 11) is 1.68. The summed E-state index contributed by atoms with van der Waals surface area (Å²) in [5.41, 5.74) is 2.38. The van der Waals surface area contributed by atoms with E-state index in [0.29, 0.717) is 22.5 Å². The third kappa shape index (κ3) is 3.65. The lowest BCUT2D eigenvalue weighted by Gasteiger charge is -2.19. The molecule has 0 aliphatic heterocycles. The summed E-state index contributed by atoms with van der Waals surface area (Å²) < 4.78 is 6.84. The number of nitrogens with two attached hydrogens (primary N) is 1. The normalized spacial score (nSPS) is 12.5. The van der Waals surface area contributed by atoms with Crippen LogP contribution in [0.3, 0.4) is 0 Å².